The Morgan fingerprint density at radius 1 is 1.40 bits per heavy atom. The number of carbonyl (C=O) groups excluding carboxylic acids is 1. The highest BCUT2D eigenvalue weighted by Gasteiger charge is 2.27. The molecule has 0 bridgehead atoms. The van der Waals surface area contributed by atoms with E-state index in [9.17, 15) is 18.0 Å². The first-order valence-electron chi connectivity index (χ1n) is 4.03. The summed E-state index contributed by atoms with van der Waals surface area (Å²) in [4.78, 5) is 21.6. The number of hydrogen-bond donors (Lipinski definition) is 3. The number of nitrogens with one attached hydrogen (secondary N) is 1. The van der Waals surface area contributed by atoms with E-state index in [-0.39, 0.29) is 0 Å². The van der Waals surface area contributed by atoms with Crippen LogP contribution in [0, 0.1) is 0 Å². The van der Waals surface area contributed by atoms with Gasteiger partial charge in [0.05, 0.1) is 6.61 Å². The second-order valence-corrected chi connectivity index (χ2v) is 5.42. The molecule has 2 atom stereocenters. The van der Waals surface area contributed by atoms with E-state index in [0.717, 1.165) is 13.2 Å². The summed E-state index contributed by atoms with van der Waals surface area (Å²) in [6, 6.07) is -1.48. The first-order chi connectivity index (χ1) is 6.70. The quantitative estimate of drug-likeness (QED) is 0.509. The van der Waals surface area contributed by atoms with E-state index in [1.54, 1.807) is 0 Å². The normalized spacial score (nSPS) is 15.4. The minimum absolute atomic E-state index is 0.794. The predicted octanol–water partition coefficient (Wildman–Crippen LogP) is -2.02. The molecule has 0 saturated carbocycles. The van der Waals surface area contributed by atoms with Crippen LogP contribution in [0.15, 0.2) is 0 Å². The molecule has 0 spiro atoms. The van der Waals surface area contributed by atoms with Gasteiger partial charge in [0, 0.05) is 6.26 Å². The number of carbonyl (C=O) groups is 2. The number of aliphatic carboxylic acids is 1. The zero-order chi connectivity index (χ0) is 12.2. The number of carboxylic acids is 1. The van der Waals surface area contributed by atoms with Crippen molar-refractivity contribution in [3.8, 4) is 0 Å². The maximum absolute atomic E-state index is 11.2. The van der Waals surface area contributed by atoms with Crippen molar-refractivity contribution < 1.29 is 28.2 Å². The van der Waals surface area contributed by atoms with Gasteiger partial charge in [0.1, 0.15) is 11.3 Å². The SMILES string of the molecule is CC(C(=O)N[C@@H](CO)C(=O)O)S(C)(=O)=O. The summed E-state index contributed by atoms with van der Waals surface area (Å²) in [5, 5.41) is 17.6. The smallest absolute Gasteiger partial charge is 0.328 e. The first-order valence-corrected chi connectivity index (χ1v) is 5.98. The van der Waals surface area contributed by atoms with E-state index >= 15 is 0 Å². The molecule has 1 unspecified atom stereocenters. The van der Waals surface area contributed by atoms with Gasteiger partial charge in [0.2, 0.25) is 5.91 Å². The zero-order valence-electron chi connectivity index (χ0n) is 8.30. The summed E-state index contributed by atoms with van der Waals surface area (Å²) < 4.78 is 21.9. The van der Waals surface area contributed by atoms with Crippen molar-refractivity contribution in [1.82, 2.24) is 5.32 Å². The second-order valence-electron chi connectivity index (χ2n) is 3.05. The topological polar surface area (TPSA) is 121 Å². The van der Waals surface area contributed by atoms with Crippen LogP contribution in [0.2, 0.25) is 0 Å². The number of carboxylic acid groups (broad SMARTS) is 1. The number of amides is 1. The average molecular weight is 239 g/mol. The molecule has 0 saturated heterocycles. The molecule has 0 aromatic rings. The van der Waals surface area contributed by atoms with E-state index < -0.39 is 39.6 Å². The Hall–Kier alpha value is -1.15. The van der Waals surface area contributed by atoms with Crippen LogP contribution in [0.1, 0.15) is 6.92 Å². The number of aliphatic hydroxyl groups excluding tert-OH is 1. The number of sulfone groups is 1. The van der Waals surface area contributed by atoms with Gasteiger partial charge in [0.25, 0.3) is 0 Å². The number of hydrogen-bond acceptors (Lipinski definition) is 5. The fourth-order valence-electron chi connectivity index (χ4n) is 0.669. The molecule has 0 aromatic heterocycles. The molecule has 0 aromatic carbocycles. The third-order valence-electron chi connectivity index (χ3n) is 1.81. The van der Waals surface area contributed by atoms with Crippen LogP contribution in [0.4, 0.5) is 0 Å². The molecule has 0 fully saturated rings. The summed E-state index contributed by atoms with van der Waals surface area (Å²) in [5.41, 5.74) is 0. The Balaban J connectivity index is 4.56. The van der Waals surface area contributed by atoms with Gasteiger partial charge in [0.15, 0.2) is 9.84 Å². The molecule has 0 aliphatic heterocycles. The van der Waals surface area contributed by atoms with Crippen LogP contribution in [-0.2, 0) is 19.4 Å². The van der Waals surface area contributed by atoms with Crippen molar-refractivity contribution in [3.63, 3.8) is 0 Å². The standard InChI is InChI=1S/C7H13NO6S/c1-4(15(2,13)14)6(10)8-5(3-9)7(11)12/h4-5,9H,3H2,1-2H3,(H,8,10)(H,11,12)/t4?,5-/m0/s1. The summed E-state index contributed by atoms with van der Waals surface area (Å²) >= 11 is 0. The lowest BCUT2D eigenvalue weighted by atomic mass is 10.3. The summed E-state index contributed by atoms with van der Waals surface area (Å²) in [6.07, 6.45) is 0.867. The molecule has 1 amide bonds. The fraction of sp³-hybridized carbons (Fsp3) is 0.714. The van der Waals surface area contributed by atoms with Gasteiger partial charge in [-0.3, -0.25) is 4.79 Å². The minimum atomic E-state index is -3.57. The lowest BCUT2D eigenvalue weighted by molar-refractivity contribution is -0.142. The van der Waals surface area contributed by atoms with Crippen LogP contribution in [0.5, 0.6) is 0 Å². The van der Waals surface area contributed by atoms with Crippen molar-refractivity contribution in [2.75, 3.05) is 12.9 Å². The second kappa shape index (κ2) is 5.08. The molecule has 7 nitrogen and oxygen atoms in total. The Morgan fingerprint density at radius 3 is 2.13 bits per heavy atom. The summed E-state index contributed by atoms with van der Waals surface area (Å²) in [6.45, 7) is 0.346. The van der Waals surface area contributed by atoms with Gasteiger partial charge in [-0.1, -0.05) is 0 Å². The highest BCUT2D eigenvalue weighted by Crippen LogP contribution is 1.98. The molecule has 88 valence electrons. The van der Waals surface area contributed by atoms with Crippen molar-refractivity contribution in [2.24, 2.45) is 0 Å². The van der Waals surface area contributed by atoms with Gasteiger partial charge >= 0.3 is 5.97 Å². The summed E-state index contributed by atoms with van der Waals surface area (Å²) in [7, 11) is -3.57. The lowest BCUT2D eigenvalue weighted by Crippen LogP contribution is -2.48. The van der Waals surface area contributed by atoms with Crippen molar-refractivity contribution >= 4 is 21.7 Å². The molecular weight excluding hydrogens is 226 g/mol. The van der Waals surface area contributed by atoms with Crippen molar-refractivity contribution in [3.05, 3.63) is 0 Å². The van der Waals surface area contributed by atoms with Crippen molar-refractivity contribution in [1.29, 1.82) is 0 Å². The fourth-order valence-corrected chi connectivity index (χ4v) is 1.13. The van der Waals surface area contributed by atoms with Gasteiger partial charge in [-0.2, -0.15) is 0 Å². The molecular formula is C7H13NO6S. The van der Waals surface area contributed by atoms with Gasteiger partial charge in [-0.15, -0.1) is 0 Å². The Labute approximate surface area is 87.0 Å². The molecule has 0 heterocycles. The third-order valence-corrected chi connectivity index (χ3v) is 3.31. The van der Waals surface area contributed by atoms with Gasteiger partial charge < -0.3 is 15.5 Å². The van der Waals surface area contributed by atoms with E-state index in [2.05, 4.69) is 0 Å². The van der Waals surface area contributed by atoms with Crippen LogP contribution in [0.3, 0.4) is 0 Å². The third kappa shape index (κ3) is 4.26. The molecule has 15 heavy (non-hydrogen) atoms. The molecule has 0 rings (SSSR count). The molecule has 0 radical (unpaired) electrons. The maximum atomic E-state index is 11.2. The van der Waals surface area contributed by atoms with Gasteiger partial charge in [-0.25, -0.2) is 13.2 Å². The van der Waals surface area contributed by atoms with E-state index in [1.165, 1.54) is 0 Å². The highest BCUT2D eigenvalue weighted by atomic mass is 32.2. The predicted molar refractivity (Wildman–Crippen MR) is 51.0 cm³/mol. The summed E-state index contributed by atoms with van der Waals surface area (Å²) in [5.74, 6) is -2.37. The molecule has 3 N–H and O–H groups in total. The lowest BCUT2D eigenvalue weighted by Gasteiger charge is -2.14. The Morgan fingerprint density at radius 2 is 1.87 bits per heavy atom. The monoisotopic (exact) mass is 239 g/mol. The van der Waals surface area contributed by atoms with Crippen LogP contribution in [-0.4, -0.2) is 54.7 Å². The van der Waals surface area contributed by atoms with Crippen LogP contribution in [0.25, 0.3) is 0 Å². The van der Waals surface area contributed by atoms with Crippen LogP contribution >= 0.6 is 0 Å². The number of aliphatic hydroxyl groups is 1. The van der Waals surface area contributed by atoms with E-state index in [1.807, 2.05) is 5.32 Å². The molecule has 8 heteroatoms. The van der Waals surface area contributed by atoms with Crippen molar-refractivity contribution in [2.45, 2.75) is 18.2 Å². The van der Waals surface area contributed by atoms with Gasteiger partial charge in [-0.05, 0) is 6.92 Å². The average Bonchev–Trinajstić information content (AvgIpc) is 2.10. The minimum Gasteiger partial charge on any atom is -0.480 e. The van der Waals surface area contributed by atoms with E-state index in [0.29, 0.717) is 0 Å². The zero-order valence-corrected chi connectivity index (χ0v) is 9.11. The highest BCUT2D eigenvalue weighted by molar-refractivity contribution is 7.92. The maximum Gasteiger partial charge on any atom is 0.328 e. The van der Waals surface area contributed by atoms with E-state index in [4.69, 9.17) is 10.2 Å². The first kappa shape index (κ1) is 13.8. The van der Waals surface area contributed by atoms with Crippen LogP contribution < -0.4 is 5.32 Å². The largest absolute Gasteiger partial charge is 0.480 e. The molecule has 0 aliphatic rings. The molecule has 0 aliphatic carbocycles. The Kier molecular flexibility index (Phi) is 4.69. The Bertz CT molecular complexity index is 348. The number of rotatable bonds is 5.